The molecule has 1 heterocycles. The molecule has 0 aliphatic carbocycles. The predicted octanol–water partition coefficient (Wildman–Crippen LogP) is 2.29. The first kappa shape index (κ1) is 13.5. The van der Waals surface area contributed by atoms with E-state index in [4.69, 9.17) is 17.3 Å². The van der Waals surface area contributed by atoms with Gasteiger partial charge in [0.05, 0.1) is 0 Å². The molecule has 0 bridgehead atoms. The number of rotatable bonds is 4. The summed E-state index contributed by atoms with van der Waals surface area (Å²) in [6.45, 7) is 3.77. The van der Waals surface area contributed by atoms with E-state index in [1.54, 1.807) is 6.07 Å². The molecule has 1 aliphatic rings. The van der Waals surface area contributed by atoms with E-state index < -0.39 is 0 Å². The monoisotopic (exact) mass is 266 g/mol. The molecule has 2 N–H and O–H groups in total. The number of likely N-dealkylation sites (tertiary alicyclic amines) is 1. The molecule has 1 saturated heterocycles. The number of carbonyl (C=O) groups excluding carboxylic acids is 1. The van der Waals surface area contributed by atoms with Gasteiger partial charge in [0.25, 0.3) is 0 Å². The summed E-state index contributed by atoms with van der Waals surface area (Å²) in [4.78, 5) is 13.5. The van der Waals surface area contributed by atoms with Crippen molar-refractivity contribution >= 4 is 17.9 Å². The molecule has 0 atom stereocenters. The van der Waals surface area contributed by atoms with Crippen molar-refractivity contribution in [1.82, 2.24) is 4.90 Å². The fourth-order valence-electron chi connectivity index (χ4n) is 2.66. The van der Waals surface area contributed by atoms with Gasteiger partial charge in [-0.05, 0) is 55.6 Å². The van der Waals surface area contributed by atoms with Gasteiger partial charge < -0.3 is 10.6 Å². The third kappa shape index (κ3) is 3.10. The second-order valence-electron chi connectivity index (χ2n) is 4.80. The number of carbonyl (C=O) groups is 1. The Bertz CT molecular complexity index is 414. The molecule has 1 fully saturated rings. The molecule has 0 amide bonds. The van der Waals surface area contributed by atoms with E-state index in [9.17, 15) is 4.79 Å². The zero-order valence-corrected chi connectivity index (χ0v) is 11.2. The van der Waals surface area contributed by atoms with E-state index in [2.05, 4.69) is 4.90 Å². The standard InChI is InChI=1S/C14H19ClN2O/c15-13-2-1-12(10-18)14(9-13)11-3-6-17(7-4-11)8-5-16/h1-2,9-11H,3-8,16H2. The molecule has 0 saturated carbocycles. The van der Waals surface area contributed by atoms with E-state index in [1.165, 1.54) is 0 Å². The Morgan fingerprint density at radius 2 is 2.11 bits per heavy atom. The maximum absolute atomic E-state index is 11.1. The first-order valence-corrected chi connectivity index (χ1v) is 6.79. The van der Waals surface area contributed by atoms with Crippen molar-refractivity contribution in [2.75, 3.05) is 26.2 Å². The lowest BCUT2D eigenvalue weighted by atomic mass is 9.87. The summed E-state index contributed by atoms with van der Waals surface area (Å²) in [5.74, 6) is 0.443. The summed E-state index contributed by atoms with van der Waals surface area (Å²) in [6, 6.07) is 5.53. The highest BCUT2D eigenvalue weighted by atomic mass is 35.5. The van der Waals surface area contributed by atoms with Crippen LogP contribution in [0.2, 0.25) is 5.02 Å². The number of piperidine rings is 1. The van der Waals surface area contributed by atoms with Crippen molar-refractivity contribution in [2.24, 2.45) is 5.73 Å². The second kappa shape index (κ2) is 6.32. The van der Waals surface area contributed by atoms with Crippen LogP contribution in [0.1, 0.15) is 34.7 Å². The van der Waals surface area contributed by atoms with Crippen LogP contribution >= 0.6 is 11.6 Å². The average molecular weight is 267 g/mol. The third-order valence-electron chi connectivity index (χ3n) is 3.65. The fourth-order valence-corrected chi connectivity index (χ4v) is 2.84. The minimum atomic E-state index is 0.443. The molecular formula is C14H19ClN2O. The zero-order chi connectivity index (χ0) is 13.0. The van der Waals surface area contributed by atoms with Crippen molar-refractivity contribution in [3.05, 3.63) is 34.3 Å². The number of halogens is 1. The minimum Gasteiger partial charge on any atom is -0.329 e. The number of nitrogens with zero attached hydrogens (tertiary/aromatic N) is 1. The predicted molar refractivity (Wildman–Crippen MR) is 74.3 cm³/mol. The lowest BCUT2D eigenvalue weighted by Gasteiger charge is -2.32. The Balaban J connectivity index is 2.09. The summed E-state index contributed by atoms with van der Waals surface area (Å²) >= 11 is 6.03. The summed E-state index contributed by atoms with van der Waals surface area (Å²) in [6.07, 6.45) is 3.07. The molecule has 4 heteroatoms. The molecule has 0 aromatic heterocycles. The maximum Gasteiger partial charge on any atom is 0.150 e. The molecule has 0 spiro atoms. The first-order valence-electron chi connectivity index (χ1n) is 6.41. The van der Waals surface area contributed by atoms with Crippen molar-refractivity contribution in [1.29, 1.82) is 0 Å². The highest BCUT2D eigenvalue weighted by Gasteiger charge is 2.22. The largest absolute Gasteiger partial charge is 0.329 e. The molecule has 98 valence electrons. The van der Waals surface area contributed by atoms with Gasteiger partial charge in [0.2, 0.25) is 0 Å². The number of hydrogen-bond donors (Lipinski definition) is 1. The topological polar surface area (TPSA) is 46.3 Å². The van der Waals surface area contributed by atoms with Crippen molar-refractivity contribution < 1.29 is 4.79 Å². The van der Waals surface area contributed by atoms with Crippen LogP contribution in [0.5, 0.6) is 0 Å². The Hall–Kier alpha value is -0.900. The van der Waals surface area contributed by atoms with Crippen LogP contribution in [-0.2, 0) is 0 Å². The Labute approximate surface area is 113 Å². The second-order valence-corrected chi connectivity index (χ2v) is 5.23. The third-order valence-corrected chi connectivity index (χ3v) is 3.88. The van der Waals surface area contributed by atoms with Gasteiger partial charge in [-0.3, -0.25) is 4.79 Å². The molecule has 1 aliphatic heterocycles. The molecule has 1 aromatic carbocycles. The molecule has 0 unspecified atom stereocenters. The Morgan fingerprint density at radius 1 is 1.39 bits per heavy atom. The number of benzene rings is 1. The van der Waals surface area contributed by atoms with E-state index in [-0.39, 0.29) is 0 Å². The minimum absolute atomic E-state index is 0.443. The fraction of sp³-hybridized carbons (Fsp3) is 0.500. The van der Waals surface area contributed by atoms with Crippen molar-refractivity contribution in [2.45, 2.75) is 18.8 Å². The van der Waals surface area contributed by atoms with Gasteiger partial charge >= 0.3 is 0 Å². The zero-order valence-electron chi connectivity index (χ0n) is 10.4. The SMILES string of the molecule is NCCN1CCC(c2cc(Cl)ccc2C=O)CC1. The highest BCUT2D eigenvalue weighted by molar-refractivity contribution is 6.30. The number of nitrogens with two attached hydrogens (primary N) is 1. The van der Waals surface area contributed by atoms with Crippen LogP contribution in [0.15, 0.2) is 18.2 Å². The summed E-state index contributed by atoms with van der Waals surface area (Å²) in [7, 11) is 0. The van der Waals surface area contributed by atoms with Crippen LogP contribution in [0.3, 0.4) is 0 Å². The van der Waals surface area contributed by atoms with Crippen LogP contribution < -0.4 is 5.73 Å². The van der Waals surface area contributed by atoms with Crippen LogP contribution in [-0.4, -0.2) is 37.4 Å². The van der Waals surface area contributed by atoms with E-state index in [1.807, 2.05) is 12.1 Å². The maximum atomic E-state index is 11.1. The Morgan fingerprint density at radius 3 is 2.72 bits per heavy atom. The van der Waals surface area contributed by atoms with E-state index in [0.29, 0.717) is 17.5 Å². The summed E-state index contributed by atoms with van der Waals surface area (Å²) < 4.78 is 0. The van der Waals surface area contributed by atoms with Gasteiger partial charge in [-0.1, -0.05) is 11.6 Å². The lowest BCUT2D eigenvalue weighted by Crippen LogP contribution is -2.36. The number of aldehydes is 1. The molecule has 1 aromatic rings. The van der Waals surface area contributed by atoms with Gasteiger partial charge in [-0.2, -0.15) is 0 Å². The van der Waals surface area contributed by atoms with E-state index in [0.717, 1.165) is 49.9 Å². The smallest absolute Gasteiger partial charge is 0.150 e. The number of hydrogen-bond acceptors (Lipinski definition) is 3. The first-order chi connectivity index (χ1) is 8.74. The van der Waals surface area contributed by atoms with Gasteiger partial charge in [0, 0.05) is 23.7 Å². The highest BCUT2D eigenvalue weighted by Crippen LogP contribution is 2.31. The lowest BCUT2D eigenvalue weighted by molar-refractivity contribution is 0.112. The normalized spacial score (nSPS) is 17.9. The van der Waals surface area contributed by atoms with Crippen LogP contribution in [0.4, 0.5) is 0 Å². The Kier molecular flexibility index (Phi) is 4.75. The molecule has 18 heavy (non-hydrogen) atoms. The summed E-state index contributed by atoms with van der Waals surface area (Å²) in [5.41, 5.74) is 7.44. The summed E-state index contributed by atoms with van der Waals surface area (Å²) in [5, 5.41) is 0.708. The van der Waals surface area contributed by atoms with Gasteiger partial charge in [-0.25, -0.2) is 0 Å². The van der Waals surface area contributed by atoms with Crippen LogP contribution in [0.25, 0.3) is 0 Å². The molecule has 3 nitrogen and oxygen atoms in total. The quantitative estimate of drug-likeness (QED) is 0.851. The van der Waals surface area contributed by atoms with Gasteiger partial charge in [-0.15, -0.1) is 0 Å². The van der Waals surface area contributed by atoms with Crippen molar-refractivity contribution in [3.8, 4) is 0 Å². The average Bonchev–Trinajstić information content (AvgIpc) is 2.40. The van der Waals surface area contributed by atoms with E-state index >= 15 is 0 Å². The van der Waals surface area contributed by atoms with Gasteiger partial charge in [0.1, 0.15) is 6.29 Å². The van der Waals surface area contributed by atoms with Crippen molar-refractivity contribution in [3.63, 3.8) is 0 Å². The molecule has 2 rings (SSSR count). The molecule has 0 radical (unpaired) electrons. The molecular weight excluding hydrogens is 248 g/mol. The van der Waals surface area contributed by atoms with Crippen LogP contribution in [0, 0.1) is 0 Å². The van der Waals surface area contributed by atoms with Gasteiger partial charge in [0.15, 0.2) is 0 Å².